The number of carbonyl (C=O) groups is 2. The van der Waals surface area contributed by atoms with Crippen LogP contribution in [0.15, 0.2) is 5.51 Å². The Labute approximate surface area is 126 Å². The topological polar surface area (TPSA) is 103 Å². The van der Waals surface area contributed by atoms with Crippen LogP contribution >= 0.6 is 11.3 Å². The highest BCUT2D eigenvalue weighted by molar-refractivity contribution is 7.11. The summed E-state index contributed by atoms with van der Waals surface area (Å²) in [5.74, 6) is -0.454. The van der Waals surface area contributed by atoms with Crippen LogP contribution in [0.3, 0.4) is 0 Å². The predicted molar refractivity (Wildman–Crippen MR) is 77.0 cm³/mol. The van der Waals surface area contributed by atoms with Crippen molar-refractivity contribution >= 4 is 23.2 Å². The molecule has 2 atom stereocenters. The van der Waals surface area contributed by atoms with Gasteiger partial charge in [-0.05, 0) is 13.3 Å². The van der Waals surface area contributed by atoms with E-state index in [1.807, 2.05) is 0 Å². The van der Waals surface area contributed by atoms with Crippen molar-refractivity contribution < 1.29 is 19.8 Å². The van der Waals surface area contributed by atoms with Crippen LogP contribution in [0.5, 0.6) is 0 Å². The minimum Gasteiger partial charge on any atom is -0.388 e. The number of nitrogens with one attached hydrogen (secondary N) is 1. The van der Waals surface area contributed by atoms with E-state index >= 15 is 0 Å². The highest BCUT2D eigenvalue weighted by Crippen LogP contribution is 2.25. The molecule has 1 aliphatic rings. The molecule has 8 heteroatoms. The maximum absolute atomic E-state index is 12.3. The van der Waals surface area contributed by atoms with Crippen LogP contribution in [0.4, 0.5) is 0 Å². The van der Waals surface area contributed by atoms with Gasteiger partial charge in [-0.1, -0.05) is 0 Å². The predicted octanol–water partition coefficient (Wildman–Crippen LogP) is -0.474. The number of thiazole rings is 1. The molecule has 1 aromatic rings. The molecule has 0 bridgehead atoms. The minimum atomic E-state index is -1.40. The van der Waals surface area contributed by atoms with Crippen molar-refractivity contribution in [1.29, 1.82) is 0 Å². The molecular weight excluding hydrogens is 294 g/mol. The van der Waals surface area contributed by atoms with E-state index in [9.17, 15) is 19.8 Å². The highest BCUT2D eigenvalue weighted by atomic mass is 32.1. The third kappa shape index (κ3) is 3.39. The van der Waals surface area contributed by atoms with Crippen molar-refractivity contribution in [2.45, 2.75) is 32.0 Å². The zero-order valence-corrected chi connectivity index (χ0v) is 12.8. The number of amides is 2. The number of aliphatic hydroxyl groups is 2. The van der Waals surface area contributed by atoms with Crippen LogP contribution in [-0.2, 0) is 4.79 Å². The van der Waals surface area contributed by atoms with Crippen LogP contribution in [0.2, 0.25) is 0 Å². The SMILES string of the molecule is CC(=O)NC[C@]1(O)CCN(C(=O)c2scnc2C)C[C@H]1O. The molecule has 2 amide bonds. The Morgan fingerprint density at radius 1 is 1.62 bits per heavy atom. The Morgan fingerprint density at radius 2 is 2.33 bits per heavy atom. The van der Waals surface area contributed by atoms with Gasteiger partial charge in [-0.2, -0.15) is 0 Å². The first-order valence-electron chi connectivity index (χ1n) is 6.68. The summed E-state index contributed by atoms with van der Waals surface area (Å²) in [5.41, 5.74) is 0.875. The normalized spacial score (nSPS) is 25.7. The molecule has 21 heavy (non-hydrogen) atoms. The van der Waals surface area contributed by atoms with Gasteiger partial charge in [0.25, 0.3) is 5.91 Å². The molecule has 0 aliphatic carbocycles. The average Bonchev–Trinajstić information content (AvgIpc) is 2.85. The summed E-state index contributed by atoms with van der Waals surface area (Å²) in [6, 6.07) is 0. The molecule has 0 radical (unpaired) electrons. The van der Waals surface area contributed by atoms with E-state index in [2.05, 4.69) is 10.3 Å². The maximum Gasteiger partial charge on any atom is 0.265 e. The number of rotatable bonds is 3. The zero-order valence-electron chi connectivity index (χ0n) is 12.0. The van der Waals surface area contributed by atoms with E-state index < -0.39 is 11.7 Å². The fraction of sp³-hybridized carbons (Fsp3) is 0.615. The van der Waals surface area contributed by atoms with Crippen LogP contribution < -0.4 is 5.32 Å². The molecule has 0 aromatic carbocycles. The molecule has 0 saturated carbocycles. The molecule has 1 aromatic heterocycles. The van der Waals surface area contributed by atoms with Gasteiger partial charge in [0.2, 0.25) is 5.91 Å². The van der Waals surface area contributed by atoms with Crippen LogP contribution in [-0.4, -0.2) is 63.3 Å². The van der Waals surface area contributed by atoms with Gasteiger partial charge in [-0.25, -0.2) is 4.98 Å². The number of hydrogen-bond donors (Lipinski definition) is 3. The van der Waals surface area contributed by atoms with Crippen LogP contribution in [0.25, 0.3) is 0 Å². The quantitative estimate of drug-likeness (QED) is 0.700. The van der Waals surface area contributed by atoms with E-state index in [0.29, 0.717) is 17.1 Å². The van der Waals surface area contributed by atoms with Gasteiger partial charge in [0.05, 0.1) is 11.2 Å². The number of aliphatic hydroxyl groups excluding tert-OH is 1. The van der Waals surface area contributed by atoms with Crippen molar-refractivity contribution in [3.8, 4) is 0 Å². The van der Waals surface area contributed by atoms with E-state index in [1.165, 1.54) is 23.2 Å². The number of aryl methyl sites for hydroxylation is 1. The second-order valence-corrected chi connectivity index (χ2v) is 6.15. The number of β-amino-alcohol motifs (C(OH)–C–C–N with tert-alkyl or cyclic N) is 1. The molecule has 0 spiro atoms. The van der Waals surface area contributed by atoms with Crippen molar-refractivity contribution in [3.63, 3.8) is 0 Å². The summed E-state index contributed by atoms with van der Waals surface area (Å²) < 4.78 is 0. The van der Waals surface area contributed by atoms with E-state index in [1.54, 1.807) is 12.4 Å². The van der Waals surface area contributed by atoms with Crippen molar-refractivity contribution in [1.82, 2.24) is 15.2 Å². The lowest BCUT2D eigenvalue weighted by Crippen LogP contribution is -2.61. The largest absolute Gasteiger partial charge is 0.388 e. The zero-order chi connectivity index (χ0) is 15.6. The van der Waals surface area contributed by atoms with E-state index in [4.69, 9.17) is 0 Å². The summed E-state index contributed by atoms with van der Waals surface area (Å²) in [6.45, 7) is 3.44. The van der Waals surface area contributed by atoms with Gasteiger partial charge in [-0.3, -0.25) is 9.59 Å². The molecule has 1 saturated heterocycles. The second kappa shape index (κ2) is 6.08. The average molecular weight is 313 g/mol. The molecule has 1 fully saturated rings. The number of carbonyl (C=O) groups excluding carboxylic acids is 2. The number of hydrogen-bond acceptors (Lipinski definition) is 6. The second-order valence-electron chi connectivity index (χ2n) is 5.30. The molecule has 2 rings (SSSR count). The first-order chi connectivity index (χ1) is 9.83. The van der Waals surface area contributed by atoms with Gasteiger partial charge in [0.1, 0.15) is 16.6 Å². The molecule has 1 aliphatic heterocycles. The Morgan fingerprint density at radius 3 is 2.86 bits per heavy atom. The summed E-state index contributed by atoms with van der Waals surface area (Å²) in [4.78, 5) is 29.4. The Kier molecular flexibility index (Phi) is 4.60. The first-order valence-corrected chi connectivity index (χ1v) is 7.55. The Balaban J connectivity index is 2.02. The smallest absolute Gasteiger partial charge is 0.265 e. The van der Waals surface area contributed by atoms with Gasteiger partial charge >= 0.3 is 0 Å². The lowest BCUT2D eigenvalue weighted by Gasteiger charge is -2.42. The number of likely N-dealkylation sites (tertiary alicyclic amines) is 1. The van der Waals surface area contributed by atoms with E-state index in [0.717, 1.165) is 0 Å². The molecular formula is C13H19N3O4S. The van der Waals surface area contributed by atoms with E-state index in [-0.39, 0.29) is 31.3 Å². The van der Waals surface area contributed by atoms with Crippen molar-refractivity contribution in [2.24, 2.45) is 0 Å². The molecule has 2 heterocycles. The fourth-order valence-electron chi connectivity index (χ4n) is 2.28. The van der Waals surface area contributed by atoms with Gasteiger partial charge in [-0.15, -0.1) is 11.3 Å². The van der Waals surface area contributed by atoms with Gasteiger partial charge in [0.15, 0.2) is 0 Å². The summed E-state index contributed by atoms with van der Waals surface area (Å²) >= 11 is 1.26. The lowest BCUT2D eigenvalue weighted by molar-refractivity contribution is -0.127. The monoisotopic (exact) mass is 313 g/mol. The maximum atomic E-state index is 12.3. The summed E-state index contributed by atoms with van der Waals surface area (Å²) in [7, 11) is 0. The third-order valence-electron chi connectivity index (χ3n) is 3.70. The first kappa shape index (κ1) is 15.9. The lowest BCUT2D eigenvalue weighted by atomic mass is 9.88. The fourth-order valence-corrected chi connectivity index (χ4v) is 3.05. The van der Waals surface area contributed by atoms with Crippen LogP contribution in [0.1, 0.15) is 28.7 Å². The van der Waals surface area contributed by atoms with Gasteiger partial charge in [0, 0.05) is 26.6 Å². The van der Waals surface area contributed by atoms with Gasteiger partial charge < -0.3 is 20.4 Å². The Hall–Kier alpha value is -1.51. The minimum absolute atomic E-state index is 0.0227. The molecule has 7 nitrogen and oxygen atoms in total. The van der Waals surface area contributed by atoms with Crippen LogP contribution in [0, 0.1) is 6.92 Å². The van der Waals surface area contributed by atoms with Crippen molar-refractivity contribution in [2.75, 3.05) is 19.6 Å². The summed E-state index contributed by atoms with van der Waals surface area (Å²) in [6.07, 6.45) is -0.895. The summed E-state index contributed by atoms with van der Waals surface area (Å²) in [5, 5.41) is 23.0. The van der Waals surface area contributed by atoms with Crippen molar-refractivity contribution in [3.05, 3.63) is 16.1 Å². The number of piperidine rings is 1. The number of nitrogens with zero attached hydrogens (tertiary/aromatic N) is 2. The molecule has 0 unspecified atom stereocenters. The number of aromatic nitrogens is 1. The highest BCUT2D eigenvalue weighted by Gasteiger charge is 2.42. The Bertz CT molecular complexity index is 547. The third-order valence-corrected chi connectivity index (χ3v) is 4.62. The molecule has 116 valence electrons. The standard InChI is InChI=1S/C13H19N3O4S/c1-8-11(21-7-15-8)12(19)16-4-3-13(20,10(18)5-16)6-14-9(2)17/h7,10,18,20H,3-6H2,1-2H3,(H,14,17)/t10-,13-/m1/s1. The molecule has 3 N–H and O–H groups in total.